The standard InChI is InChI=1S/C23H31FN4O3/c1-4-26-13-10-23(20(26)30)16-28(21(31)25(2)3)15-22(23)8-11-27(12-9-22)19(29)17-6-5-7-18(24)14-17/h5-7,14H,4,8-13,15-16H2,1-3H3/t23-/m1/s1. The van der Waals surface area contributed by atoms with Crippen molar-refractivity contribution in [1.29, 1.82) is 0 Å². The highest BCUT2D eigenvalue weighted by atomic mass is 19.1. The quantitative estimate of drug-likeness (QED) is 0.723. The van der Waals surface area contributed by atoms with Gasteiger partial charge in [0, 0.05) is 64.3 Å². The van der Waals surface area contributed by atoms with Gasteiger partial charge in [-0.25, -0.2) is 9.18 Å². The molecule has 0 bridgehead atoms. The largest absolute Gasteiger partial charge is 0.342 e. The van der Waals surface area contributed by atoms with Crippen LogP contribution in [-0.4, -0.2) is 90.8 Å². The van der Waals surface area contributed by atoms with Gasteiger partial charge < -0.3 is 19.6 Å². The Labute approximate surface area is 182 Å². The maximum Gasteiger partial charge on any atom is 0.319 e. The Balaban J connectivity index is 1.58. The number of amides is 4. The first-order chi connectivity index (χ1) is 14.7. The number of urea groups is 1. The zero-order chi connectivity index (χ0) is 22.4. The van der Waals surface area contributed by atoms with E-state index in [1.54, 1.807) is 36.0 Å². The van der Waals surface area contributed by atoms with E-state index in [0.29, 0.717) is 57.7 Å². The van der Waals surface area contributed by atoms with E-state index in [1.165, 1.54) is 12.1 Å². The molecule has 0 radical (unpaired) electrons. The Bertz CT molecular complexity index is 897. The van der Waals surface area contributed by atoms with Gasteiger partial charge in [0.05, 0.1) is 5.41 Å². The lowest BCUT2D eigenvalue weighted by molar-refractivity contribution is -0.141. The summed E-state index contributed by atoms with van der Waals surface area (Å²) in [7, 11) is 3.46. The first-order valence-corrected chi connectivity index (χ1v) is 11.0. The van der Waals surface area contributed by atoms with Crippen LogP contribution in [0.3, 0.4) is 0 Å². The van der Waals surface area contributed by atoms with Crippen molar-refractivity contribution < 1.29 is 18.8 Å². The van der Waals surface area contributed by atoms with Crippen LogP contribution in [-0.2, 0) is 4.79 Å². The van der Waals surface area contributed by atoms with E-state index < -0.39 is 11.2 Å². The van der Waals surface area contributed by atoms with Gasteiger partial charge in [-0.2, -0.15) is 0 Å². The van der Waals surface area contributed by atoms with Crippen LogP contribution in [0.4, 0.5) is 9.18 Å². The first-order valence-electron chi connectivity index (χ1n) is 11.0. The third-order valence-corrected chi connectivity index (χ3v) is 7.59. The molecule has 1 aromatic carbocycles. The van der Waals surface area contributed by atoms with Gasteiger partial charge in [-0.1, -0.05) is 6.07 Å². The molecule has 1 aromatic rings. The molecule has 2 spiro atoms. The number of benzene rings is 1. The minimum absolute atomic E-state index is 0.0720. The molecule has 3 aliphatic rings. The predicted molar refractivity (Wildman–Crippen MR) is 114 cm³/mol. The van der Waals surface area contributed by atoms with Gasteiger partial charge >= 0.3 is 6.03 Å². The molecule has 0 N–H and O–H groups in total. The van der Waals surface area contributed by atoms with Gasteiger partial charge in [-0.05, 0) is 44.4 Å². The number of hydrogen-bond acceptors (Lipinski definition) is 3. The fourth-order valence-electron chi connectivity index (χ4n) is 5.84. The molecule has 4 amide bonds. The number of likely N-dealkylation sites (tertiary alicyclic amines) is 3. The van der Waals surface area contributed by atoms with Crippen LogP contribution in [0.25, 0.3) is 0 Å². The molecule has 0 aromatic heterocycles. The van der Waals surface area contributed by atoms with E-state index in [4.69, 9.17) is 0 Å². The summed E-state index contributed by atoms with van der Waals surface area (Å²) < 4.78 is 13.6. The number of carbonyl (C=O) groups is 3. The Morgan fingerprint density at radius 2 is 1.77 bits per heavy atom. The van der Waals surface area contributed by atoms with Gasteiger partial charge in [0.15, 0.2) is 0 Å². The average Bonchev–Trinajstić information content (AvgIpc) is 3.25. The molecule has 168 valence electrons. The van der Waals surface area contributed by atoms with Crippen LogP contribution < -0.4 is 0 Å². The Morgan fingerprint density at radius 1 is 1.06 bits per heavy atom. The molecule has 0 aliphatic carbocycles. The molecular formula is C23H31FN4O3. The van der Waals surface area contributed by atoms with Crippen molar-refractivity contribution in [3.05, 3.63) is 35.6 Å². The summed E-state index contributed by atoms with van der Waals surface area (Å²) in [5.41, 5.74) is -0.572. The highest BCUT2D eigenvalue weighted by Gasteiger charge is 2.66. The lowest BCUT2D eigenvalue weighted by Gasteiger charge is -2.46. The molecule has 0 saturated carbocycles. The van der Waals surface area contributed by atoms with Crippen LogP contribution >= 0.6 is 0 Å². The number of hydrogen-bond donors (Lipinski definition) is 0. The van der Waals surface area contributed by atoms with Crippen molar-refractivity contribution >= 4 is 17.8 Å². The lowest BCUT2D eigenvalue weighted by atomic mass is 9.60. The smallest absolute Gasteiger partial charge is 0.319 e. The van der Waals surface area contributed by atoms with Gasteiger partial charge in [-0.15, -0.1) is 0 Å². The number of nitrogens with zero attached hydrogens (tertiary/aromatic N) is 4. The number of piperidine rings is 1. The summed E-state index contributed by atoms with van der Waals surface area (Å²) in [4.78, 5) is 46.2. The third kappa shape index (κ3) is 3.36. The molecule has 3 saturated heterocycles. The van der Waals surface area contributed by atoms with Crippen molar-refractivity contribution in [2.45, 2.75) is 26.2 Å². The molecule has 1 atom stereocenters. The van der Waals surface area contributed by atoms with E-state index in [0.717, 1.165) is 6.42 Å². The highest BCUT2D eigenvalue weighted by molar-refractivity contribution is 5.94. The summed E-state index contributed by atoms with van der Waals surface area (Å²) >= 11 is 0. The second-order valence-electron chi connectivity index (χ2n) is 9.33. The Morgan fingerprint density at radius 3 is 2.35 bits per heavy atom. The predicted octanol–water partition coefficient (Wildman–Crippen LogP) is 2.28. The number of carbonyl (C=O) groups excluding carboxylic acids is 3. The molecule has 31 heavy (non-hydrogen) atoms. The number of halogens is 1. The van der Waals surface area contributed by atoms with E-state index in [9.17, 15) is 18.8 Å². The molecule has 7 nitrogen and oxygen atoms in total. The van der Waals surface area contributed by atoms with Crippen molar-refractivity contribution in [2.24, 2.45) is 10.8 Å². The monoisotopic (exact) mass is 430 g/mol. The van der Waals surface area contributed by atoms with Crippen molar-refractivity contribution in [2.75, 3.05) is 53.4 Å². The molecule has 4 rings (SSSR count). The van der Waals surface area contributed by atoms with Crippen LogP contribution in [0.5, 0.6) is 0 Å². The molecule has 3 heterocycles. The minimum Gasteiger partial charge on any atom is -0.342 e. The van der Waals surface area contributed by atoms with Crippen LogP contribution in [0.1, 0.15) is 36.5 Å². The SMILES string of the molecule is CCN1CC[C@@]2(CN(C(=O)N(C)C)CC23CCN(C(=O)c2cccc(F)c2)CC3)C1=O. The third-order valence-electron chi connectivity index (χ3n) is 7.59. The summed E-state index contributed by atoms with van der Waals surface area (Å²) in [6.45, 7) is 5.35. The highest BCUT2D eigenvalue weighted by Crippen LogP contribution is 2.58. The summed E-state index contributed by atoms with van der Waals surface area (Å²) in [6, 6.07) is 5.69. The van der Waals surface area contributed by atoms with E-state index in [-0.39, 0.29) is 23.3 Å². The van der Waals surface area contributed by atoms with E-state index in [1.807, 2.05) is 16.7 Å². The molecular weight excluding hydrogens is 399 g/mol. The van der Waals surface area contributed by atoms with Gasteiger partial charge in [0.2, 0.25) is 5.91 Å². The lowest BCUT2D eigenvalue weighted by Crippen LogP contribution is -2.53. The first kappa shape index (κ1) is 21.6. The van der Waals surface area contributed by atoms with Gasteiger partial charge in [0.25, 0.3) is 5.91 Å². The zero-order valence-corrected chi connectivity index (χ0v) is 18.6. The molecule has 0 unspecified atom stereocenters. The summed E-state index contributed by atoms with van der Waals surface area (Å²) in [5.74, 6) is -0.465. The average molecular weight is 431 g/mol. The van der Waals surface area contributed by atoms with E-state index >= 15 is 0 Å². The summed E-state index contributed by atoms with van der Waals surface area (Å²) in [6.07, 6.45) is 2.07. The summed E-state index contributed by atoms with van der Waals surface area (Å²) in [5, 5.41) is 0. The van der Waals surface area contributed by atoms with Gasteiger partial charge in [0.1, 0.15) is 5.82 Å². The molecule has 3 aliphatic heterocycles. The molecule has 3 fully saturated rings. The number of rotatable bonds is 2. The molecule has 8 heteroatoms. The van der Waals surface area contributed by atoms with Crippen molar-refractivity contribution in [1.82, 2.24) is 19.6 Å². The van der Waals surface area contributed by atoms with Crippen LogP contribution in [0.2, 0.25) is 0 Å². The van der Waals surface area contributed by atoms with Gasteiger partial charge in [-0.3, -0.25) is 9.59 Å². The zero-order valence-electron chi connectivity index (χ0n) is 18.6. The Hall–Kier alpha value is -2.64. The maximum atomic E-state index is 13.6. The van der Waals surface area contributed by atoms with Crippen LogP contribution in [0, 0.1) is 16.6 Å². The van der Waals surface area contributed by atoms with Crippen LogP contribution in [0.15, 0.2) is 24.3 Å². The fraction of sp³-hybridized carbons (Fsp3) is 0.609. The topological polar surface area (TPSA) is 64.2 Å². The second kappa shape index (κ2) is 7.80. The second-order valence-corrected chi connectivity index (χ2v) is 9.33. The fourth-order valence-corrected chi connectivity index (χ4v) is 5.84. The minimum atomic E-state index is -0.581. The van der Waals surface area contributed by atoms with Crippen molar-refractivity contribution in [3.63, 3.8) is 0 Å². The Kier molecular flexibility index (Phi) is 5.43. The maximum absolute atomic E-state index is 13.6. The van der Waals surface area contributed by atoms with Crippen molar-refractivity contribution in [3.8, 4) is 0 Å². The van der Waals surface area contributed by atoms with E-state index in [2.05, 4.69) is 0 Å². The number of fused-ring (bicyclic) bond motifs is 1. The normalized spacial score (nSPS) is 25.0.